The van der Waals surface area contributed by atoms with E-state index in [1.807, 2.05) is 6.07 Å². The molecule has 1 aliphatic carbocycles. The van der Waals surface area contributed by atoms with E-state index in [4.69, 9.17) is 0 Å². The van der Waals surface area contributed by atoms with Gasteiger partial charge in [-0.2, -0.15) is 0 Å². The third-order valence-corrected chi connectivity index (χ3v) is 2.68. The molecule has 3 heteroatoms. The number of allylic oxidation sites excluding steroid dienone is 1. The molecule has 0 fully saturated rings. The molecular weight excluding hydrogens is 200 g/mol. The summed E-state index contributed by atoms with van der Waals surface area (Å²) >= 11 is 0. The topological polar surface area (TPSA) is 42.9 Å². The lowest BCUT2D eigenvalue weighted by Gasteiger charge is -2.17. The van der Waals surface area contributed by atoms with Crippen molar-refractivity contribution in [2.45, 2.75) is 0 Å². The first-order chi connectivity index (χ1) is 7.79. The van der Waals surface area contributed by atoms with Crippen LogP contribution >= 0.6 is 0 Å². The van der Waals surface area contributed by atoms with E-state index in [1.54, 1.807) is 30.6 Å². The number of hydrogen-bond acceptors (Lipinski definition) is 3. The van der Waals surface area contributed by atoms with Crippen molar-refractivity contribution in [2.24, 2.45) is 0 Å². The highest BCUT2D eigenvalue weighted by Gasteiger charge is 2.27. The molecule has 2 aromatic heterocycles. The standard InChI is InChI=1S/C13H8N2O/c1-8-9-4-2-6-14-11(9)12-10(13(8)16)5-3-7-15-12/h2-7H,1H2. The van der Waals surface area contributed by atoms with Gasteiger partial charge in [0.2, 0.25) is 0 Å². The number of nitrogens with zero attached hydrogens (tertiary/aromatic N) is 2. The monoisotopic (exact) mass is 208 g/mol. The molecule has 76 valence electrons. The minimum Gasteiger partial charge on any atom is -0.289 e. The summed E-state index contributed by atoms with van der Waals surface area (Å²) in [6, 6.07) is 7.15. The Morgan fingerprint density at radius 3 is 2.19 bits per heavy atom. The van der Waals surface area contributed by atoms with Crippen LogP contribution in [0.4, 0.5) is 0 Å². The van der Waals surface area contributed by atoms with E-state index in [0.717, 1.165) is 11.3 Å². The fraction of sp³-hybridized carbons (Fsp3) is 0. The zero-order chi connectivity index (χ0) is 11.1. The van der Waals surface area contributed by atoms with Crippen molar-refractivity contribution >= 4 is 11.4 Å². The molecule has 0 aromatic carbocycles. The third kappa shape index (κ3) is 1.05. The molecule has 0 saturated heterocycles. The minimum atomic E-state index is -0.0661. The van der Waals surface area contributed by atoms with Crippen LogP contribution in [0.25, 0.3) is 17.0 Å². The summed E-state index contributed by atoms with van der Waals surface area (Å²) in [5.41, 5.74) is 3.24. The molecule has 0 N–H and O–H groups in total. The van der Waals surface area contributed by atoms with Crippen LogP contribution in [0.3, 0.4) is 0 Å². The number of ketones is 1. The summed E-state index contributed by atoms with van der Waals surface area (Å²) in [7, 11) is 0. The van der Waals surface area contributed by atoms with E-state index in [9.17, 15) is 4.79 Å². The maximum absolute atomic E-state index is 12.0. The maximum Gasteiger partial charge on any atom is 0.195 e. The largest absolute Gasteiger partial charge is 0.289 e. The average molecular weight is 208 g/mol. The summed E-state index contributed by atoms with van der Waals surface area (Å²) in [6.07, 6.45) is 3.36. The normalized spacial score (nSPS) is 13.2. The zero-order valence-corrected chi connectivity index (χ0v) is 8.47. The Morgan fingerprint density at radius 2 is 1.50 bits per heavy atom. The van der Waals surface area contributed by atoms with Crippen LogP contribution in [-0.4, -0.2) is 15.8 Å². The van der Waals surface area contributed by atoms with Gasteiger partial charge in [-0.1, -0.05) is 12.6 Å². The van der Waals surface area contributed by atoms with Crippen molar-refractivity contribution in [2.75, 3.05) is 0 Å². The Labute approximate surface area is 92.5 Å². The Morgan fingerprint density at radius 1 is 0.938 bits per heavy atom. The van der Waals surface area contributed by atoms with Crippen molar-refractivity contribution < 1.29 is 4.79 Å². The highest BCUT2D eigenvalue weighted by atomic mass is 16.1. The lowest BCUT2D eigenvalue weighted by atomic mass is 9.88. The van der Waals surface area contributed by atoms with Crippen LogP contribution < -0.4 is 0 Å². The highest BCUT2D eigenvalue weighted by molar-refractivity contribution is 6.33. The summed E-state index contributed by atoms with van der Waals surface area (Å²) in [6.45, 7) is 3.82. The summed E-state index contributed by atoms with van der Waals surface area (Å²) < 4.78 is 0. The molecule has 0 amide bonds. The molecule has 0 atom stereocenters. The Hall–Kier alpha value is -2.29. The fourth-order valence-electron chi connectivity index (χ4n) is 1.90. The van der Waals surface area contributed by atoms with Gasteiger partial charge in [-0.05, 0) is 18.2 Å². The second-order valence-corrected chi connectivity index (χ2v) is 3.61. The molecule has 3 rings (SSSR count). The molecule has 2 aromatic rings. The Balaban J connectivity index is 2.41. The minimum absolute atomic E-state index is 0.0661. The maximum atomic E-state index is 12.0. The van der Waals surface area contributed by atoms with E-state index in [-0.39, 0.29) is 5.78 Å². The van der Waals surface area contributed by atoms with Gasteiger partial charge in [0.1, 0.15) is 5.69 Å². The van der Waals surface area contributed by atoms with E-state index in [0.29, 0.717) is 16.8 Å². The van der Waals surface area contributed by atoms with Crippen LogP contribution in [0.1, 0.15) is 15.9 Å². The molecular formula is C13H8N2O. The van der Waals surface area contributed by atoms with Gasteiger partial charge in [0.05, 0.1) is 11.3 Å². The number of aromatic nitrogens is 2. The van der Waals surface area contributed by atoms with Gasteiger partial charge in [0, 0.05) is 23.5 Å². The molecule has 0 radical (unpaired) electrons. The van der Waals surface area contributed by atoms with E-state index < -0.39 is 0 Å². The van der Waals surface area contributed by atoms with Gasteiger partial charge in [-0.3, -0.25) is 14.8 Å². The zero-order valence-electron chi connectivity index (χ0n) is 8.47. The van der Waals surface area contributed by atoms with Crippen molar-refractivity contribution in [1.82, 2.24) is 9.97 Å². The first-order valence-electron chi connectivity index (χ1n) is 4.93. The third-order valence-electron chi connectivity index (χ3n) is 2.68. The second-order valence-electron chi connectivity index (χ2n) is 3.61. The fourth-order valence-corrected chi connectivity index (χ4v) is 1.90. The lowest BCUT2D eigenvalue weighted by molar-refractivity contribution is 0.105. The van der Waals surface area contributed by atoms with Gasteiger partial charge in [0.25, 0.3) is 0 Å². The number of rotatable bonds is 0. The van der Waals surface area contributed by atoms with Crippen LogP contribution in [0.2, 0.25) is 0 Å². The number of pyridine rings is 2. The van der Waals surface area contributed by atoms with Crippen molar-refractivity contribution in [3.8, 4) is 11.4 Å². The van der Waals surface area contributed by atoms with Gasteiger partial charge >= 0.3 is 0 Å². The number of fused-ring (bicyclic) bond motifs is 3. The van der Waals surface area contributed by atoms with Gasteiger partial charge in [0.15, 0.2) is 5.78 Å². The average Bonchev–Trinajstić information content (AvgIpc) is 2.36. The summed E-state index contributed by atoms with van der Waals surface area (Å²) in [5.74, 6) is -0.0661. The first kappa shape index (κ1) is 8.97. The van der Waals surface area contributed by atoms with E-state index >= 15 is 0 Å². The number of hydrogen-bond donors (Lipinski definition) is 0. The molecule has 1 aliphatic rings. The SMILES string of the molecule is C=C1C(=O)c2cccnc2-c2ncccc21. The molecule has 0 saturated carbocycles. The molecule has 3 nitrogen and oxygen atoms in total. The van der Waals surface area contributed by atoms with Crippen molar-refractivity contribution in [3.63, 3.8) is 0 Å². The highest BCUT2D eigenvalue weighted by Crippen LogP contribution is 2.34. The number of carbonyl (C=O) groups is 1. The van der Waals surface area contributed by atoms with Gasteiger partial charge in [-0.15, -0.1) is 0 Å². The van der Waals surface area contributed by atoms with Crippen molar-refractivity contribution in [1.29, 1.82) is 0 Å². The first-order valence-corrected chi connectivity index (χ1v) is 4.93. The predicted octanol–water partition coefficient (Wildman–Crippen LogP) is 2.35. The van der Waals surface area contributed by atoms with Crippen LogP contribution in [0.5, 0.6) is 0 Å². The van der Waals surface area contributed by atoms with E-state index in [1.165, 1.54) is 0 Å². The van der Waals surface area contributed by atoms with E-state index in [2.05, 4.69) is 16.5 Å². The van der Waals surface area contributed by atoms with Crippen LogP contribution in [-0.2, 0) is 0 Å². The predicted molar refractivity (Wildman–Crippen MR) is 60.8 cm³/mol. The summed E-state index contributed by atoms with van der Waals surface area (Å²) in [4.78, 5) is 20.5. The Kier molecular flexibility index (Phi) is 1.74. The van der Waals surface area contributed by atoms with Gasteiger partial charge < -0.3 is 0 Å². The molecule has 2 heterocycles. The van der Waals surface area contributed by atoms with Crippen LogP contribution in [0.15, 0.2) is 43.2 Å². The van der Waals surface area contributed by atoms with Crippen LogP contribution in [0, 0.1) is 0 Å². The van der Waals surface area contributed by atoms with Gasteiger partial charge in [-0.25, -0.2) is 0 Å². The number of carbonyl (C=O) groups excluding carboxylic acids is 1. The molecule has 0 bridgehead atoms. The molecule has 16 heavy (non-hydrogen) atoms. The quantitative estimate of drug-likeness (QED) is 0.624. The molecule has 0 aliphatic heterocycles. The second kappa shape index (κ2) is 3.10. The Bertz CT molecular complexity index is 561. The summed E-state index contributed by atoms with van der Waals surface area (Å²) in [5, 5.41) is 0. The molecule has 0 unspecified atom stereocenters. The number of Topliss-reactive ketones (excluding diaryl/α,β-unsaturated/α-hetero) is 1. The van der Waals surface area contributed by atoms with Crippen molar-refractivity contribution in [3.05, 3.63) is 54.4 Å². The smallest absolute Gasteiger partial charge is 0.195 e. The molecule has 0 spiro atoms. The lowest BCUT2D eigenvalue weighted by Crippen LogP contribution is -2.12.